The molecule has 10 heteroatoms. The number of methoxy groups -OCH3 is 1. The van der Waals surface area contributed by atoms with Crippen molar-refractivity contribution in [2.24, 2.45) is 0 Å². The lowest BCUT2D eigenvalue weighted by Gasteiger charge is -2.12. The summed E-state index contributed by atoms with van der Waals surface area (Å²) in [5.74, 6) is -0.198. The molecule has 0 aliphatic carbocycles. The number of ether oxygens (including phenoxy) is 1. The van der Waals surface area contributed by atoms with Gasteiger partial charge in [0, 0.05) is 11.8 Å². The van der Waals surface area contributed by atoms with Gasteiger partial charge in [-0.1, -0.05) is 41.0 Å². The third kappa shape index (κ3) is 5.23. The van der Waals surface area contributed by atoms with Gasteiger partial charge in [-0.25, -0.2) is 0 Å². The number of aromatic hydroxyl groups is 1. The van der Waals surface area contributed by atoms with Crippen molar-refractivity contribution in [3.63, 3.8) is 0 Å². The zero-order valence-corrected chi connectivity index (χ0v) is 17.4. The van der Waals surface area contributed by atoms with E-state index in [0.717, 1.165) is 17.8 Å². The summed E-state index contributed by atoms with van der Waals surface area (Å²) in [5, 5.41) is 13.2. The largest absolute Gasteiger partial charge is 0.497 e. The van der Waals surface area contributed by atoms with Crippen LogP contribution >= 0.6 is 35.0 Å². The van der Waals surface area contributed by atoms with Crippen molar-refractivity contribution in [3.05, 3.63) is 68.9 Å². The summed E-state index contributed by atoms with van der Waals surface area (Å²) in [6.45, 7) is 0. The van der Waals surface area contributed by atoms with Gasteiger partial charge in [0.15, 0.2) is 5.16 Å². The molecule has 0 bridgehead atoms. The third-order valence-electron chi connectivity index (χ3n) is 3.72. The lowest BCUT2D eigenvalue weighted by Crippen LogP contribution is -2.21. The molecule has 0 aliphatic rings. The molecule has 0 radical (unpaired) electrons. The van der Waals surface area contributed by atoms with Gasteiger partial charge in [0.1, 0.15) is 5.75 Å². The number of amides is 1. The van der Waals surface area contributed by atoms with Crippen LogP contribution in [0.3, 0.4) is 0 Å². The van der Waals surface area contributed by atoms with Crippen molar-refractivity contribution in [1.82, 2.24) is 9.55 Å². The summed E-state index contributed by atoms with van der Waals surface area (Å²) < 4.78 is 6.36. The van der Waals surface area contributed by atoms with Crippen molar-refractivity contribution in [3.8, 4) is 17.3 Å². The minimum absolute atomic E-state index is 0.0472. The summed E-state index contributed by atoms with van der Waals surface area (Å²) >= 11 is 13.0. The van der Waals surface area contributed by atoms with E-state index >= 15 is 0 Å². The summed E-state index contributed by atoms with van der Waals surface area (Å²) in [6.07, 6.45) is 0. The van der Waals surface area contributed by atoms with Crippen LogP contribution in [0.4, 0.5) is 5.69 Å². The molecule has 0 atom stereocenters. The topological polar surface area (TPSA) is 93.5 Å². The Morgan fingerprint density at radius 1 is 1.21 bits per heavy atom. The van der Waals surface area contributed by atoms with Gasteiger partial charge >= 0.3 is 0 Å². The average molecular weight is 452 g/mol. The highest BCUT2D eigenvalue weighted by atomic mass is 35.5. The Kier molecular flexibility index (Phi) is 6.68. The van der Waals surface area contributed by atoms with Crippen molar-refractivity contribution < 1.29 is 14.6 Å². The van der Waals surface area contributed by atoms with Crippen molar-refractivity contribution in [2.75, 3.05) is 18.2 Å². The molecule has 1 aromatic heterocycles. The van der Waals surface area contributed by atoms with E-state index in [1.54, 1.807) is 36.4 Å². The van der Waals surface area contributed by atoms with Crippen LogP contribution in [0.1, 0.15) is 0 Å². The summed E-state index contributed by atoms with van der Waals surface area (Å²) in [5.41, 5.74) is 0.458. The van der Waals surface area contributed by atoms with E-state index in [4.69, 9.17) is 27.9 Å². The Bertz CT molecular complexity index is 1120. The zero-order chi connectivity index (χ0) is 21.0. The van der Waals surface area contributed by atoms with E-state index in [9.17, 15) is 14.7 Å². The predicted molar refractivity (Wildman–Crippen MR) is 114 cm³/mol. The maximum absolute atomic E-state index is 12.4. The Balaban J connectivity index is 1.82. The minimum Gasteiger partial charge on any atom is -0.497 e. The van der Waals surface area contributed by atoms with Crippen molar-refractivity contribution >= 4 is 46.6 Å². The number of nitrogens with one attached hydrogen (secondary N) is 1. The molecular weight excluding hydrogens is 437 g/mol. The first-order valence-corrected chi connectivity index (χ1v) is 9.96. The number of aromatic nitrogens is 2. The maximum atomic E-state index is 12.4. The molecule has 0 saturated heterocycles. The molecule has 3 aromatic rings. The van der Waals surface area contributed by atoms with Crippen LogP contribution in [-0.2, 0) is 4.79 Å². The lowest BCUT2D eigenvalue weighted by molar-refractivity contribution is -0.113. The van der Waals surface area contributed by atoms with Gasteiger partial charge in [0.05, 0.1) is 34.7 Å². The predicted octanol–water partition coefficient (Wildman–Crippen LogP) is 3.98. The third-order valence-corrected chi connectivity index (χ3v) is 5.40. The van der Waals surface area contributed by atoms with E-state index < -0.39 is 11.4 Å². The molecule has 0 fully saturated rings. The van der Waals surface area contributed by atoms with E-state index in [0.29, 0.717) is 22.1 Å². The summed E-state index contributed by atoms with van der Waals surface area (Å²) in [7, 11) is 1.53. The SMILES string of the molecule is COc1cccc(NC(=O)CSc2nc(O)cc(=O)n2-c2ccc(Cl)c(Cl)c2)c1. The van der Waals surface area contributed by atoms with Crippen molar-refractivity contribution in [1.29, 1.82) is 0 Å². The van der Waals surface area contributed by atoms with Crippen LogP contribution in [0.2, 0.25) is 10.0 Å². The van der Waals surface area contributed by atoms with E-state index in [1.165, 1.54) is 17.7 Å². The zero-order valence-electron chi connectivity index (χ0n) is 15.1. The second kappa shape index (κ2) is 9.21. The van der Waals surface area contributed by atoms with E-state index in [2.05, 4.69) is 10.3 Å². The molecule has 7 nitrogen and oxygen atoms in total. The van der Waals surface area contributed by atoms with Crippen LogP contribution < -0.4 is 15.6 Å². The summed E-state index contributed by atoms with van der Waals surface area (Å²) in [4.78, 5) is 28.7. The van der Waals surface area contributed by atoms with Crippen LogP contribution in [-0.4, -0.2) is 33.4 Å². The number of thioether (sulfide) groups is 1. The normalized spacial score (nSPS) is 10.6. The molecule has 2 N–H and O–H groups in total. The van der Waals surface area contributed by atoms with Gasteiger partial charge < -0.3 is 15.2 Å². The smallest absolute Gasteiger partial charge is 0.262 e. The van der Waals surface area contributed by atoms with Crippen molar-refractivity contribution in [2.45, 2.75) is 5.16 Å². The summed E-state index contributed by atoms with van der Waals surface area (Å²) in [6, 6.07) is 12.5. The molecule has 150 valence electrons. The Labute approximate surface area is 180 Å². The monoisotopic (exact) mass is 451 g/mol. The fourth-order valence-electron chi connectivity index (χ4n) is 2.44. The number of carbonyl (C=O) groups is 1. The Morgan fingerprint density at radius 2 is 2.00 bits per heavy atom. The number of carbonyl (C=O) groups excluding carboxylic acids is 1. The molecule has 2 aromatic carbocycles. The highest BCUT2D eigenvalue weighted by molar-refractivity contribution is 7.99. The first kappa shape index (κ1) is 21.0. The number of hydrogen-bond donors (Lipinski definition) is 2. The molecule has 0 unspecified atom stereocenters. The number of halogens is 2. The average Bonchev–Trinajstić information content (AvgIpc) is 2.68. The van der Waals surface area contributed by atoms with Crippen LogP contribution in [0.15, 0.2) is 58.5 Å². The second-order valence-electron chi connectivity index (χ2n) is 5.74. The van der Waals surface area contributed by atoms with Gasteiger partial charge in [-0.3, -0.25) is 14.2 Å². The molecule has 0 saturated carbocycles. The van der Waals surface area contributed by atoms with Gasteiger partial charge in [-0.15, -0.1) is 0 Å². The van der Waals surface area contributed by atoms with Gasteiger partial charge in [0.25, 0.3) is 5.56 Å². The first-order valence-electron chi connectivity index (χ1n) is 8.22. The van der Waals surface area contributed by atoms with Gasteiger partial charge in [-0.05, 0) is 30.3 Å². The van der Waals surface area contributed by atoms with E-state index in [-0.39, 0.29) is 21.8 Å². The highest BCUT2D eigenvalue weighted by Crippen LogP contribution is 2.27. The van der Waals surface area contributed by atoms with Gasteiger partial charge in [-0.2, -0.15) is 4.98 Å². The molecule has 3 rings (SSSR count). The highest BCUT2D eigenvalue weighted by Gasteiger charge is 2.14. The minimum atomic E-state index is -0.522. The van der Waals surface area contributed by atoms with Gasteiger partial charge in [0.2, 0.25) is 11.8 Å². The number of nitrogens with zero attached hydrogens (tertiary/aromatic N) is 2. The second-order valence-corrected chi connectivity index (χ2v) is 7.49. The first-order chi connectivity index (χ1) is 13.9. The number of hydrogen-bond acceptors (Lipinski definition) is 6. The number of rotatable bonds is 6. The molecule has 29 heavy (non-hydrogen) atoms. The quantitative estimate of drug-likeness (QED) is 0.434. The van der Waals surface area contributed by atoms with E-state index in [1.807, 2.05) is 0 Å². The lowest BCUT2D eigenvalue weighted by atomic mass is 10.3. The Hall–Kier alpha value is -2.68. The fraction of sp³-hybridized carbons (Fsp3) is 0.105. The van der Waals surface area contributed by atoms with Crippen LogP contribution in [0.5, 0.6) is 11.6 Å². The molecule has 0 spiro atoms. The molecule has 1 amide bonds. The molecule has 1 heterocycles. The van der Waals surface area contributed by atoms with Crippen LogP contribution in [0, 0.1) is 0 Å². The Morgan fingerprint density at radius 3 is 2.72 bits per heavy atom. The van der Waals surface area contributed by atoms with Crippen LogP contribution in [0.25, 0.3) is 5.69 Å². The molecular formula is C19H15Cl2N3O4S. The number of anilines is 1. The molecule has 0 aliphatic heterocycles. The standard InChI is InChI=1S/C19H15Cl2N3O4S/c1-28-13-4-2-3-11(7-13)22-17(26)10-29-19-23-16(25)9-18(27)24(19)12-5-6-14(20)15(21)8-12/h2-9,25H,10H2,1H3,(H,22,26). The fourth-order valence-corrected chi connectivity index (χ4v) is 3.54. The number of benzene rings is 2. The maximum Gasteiger partial charge on any atom is 0.262 e.